The third-order valence-corrected chi connectivity index (χ3v) is 4.46. The molecule has 0 bridgehead atoms. The van der Waals surface area contributed by atoms with Crippen molar-refractivity contribution < 1.29 is 4.79 Å². The van der Waals surface area contributed by atoms with Crippen LogP contribution in [0.25, 0.3) is 0 Å². The first-order valence-corrected chi connectivity index (χ1v) is 8.85. The highest BCUT2D eigenvalue weighted by Crippen LogP contribution is 2.10. The number of amides is 1. The number of hydrogen-bond acceptors (Lipinski definition) is 3. The molecule has 25 heavy (non-hydrogen) atoms. The highest BCUT2D eigenvalue weighted by Gasteiger charge is 2.15. The Bertz CT molecular complexity index is 657. The first-order chi connectivity index (χ1) is 12.1. The number of aryl methyl sites for hydroxylation is 1. The quantitative estimate of drug-likeness (QED) is 0.763. The number of likely N-dealkylation sites (N-methyl/N-ethyl adjacent to an activating group) is 1. The van der Waals surface area contributed by atoms with Crippen molar-refractivity contribution in [2.24, 2.45) is 5.73 Å². The molecule has 0 aliphatic carbocycles. The fraction of sp³-hybridized carbons (Fsp3) is 0.381. The fourth-order valence-corrected chi connectivity index (χ4v) is 2.83. The summed E-state index contributed by atoms with van der Waals surface area (Å²) >= 11 is 0. The highest BCUT2D eigenvalue weighted by molar-refractivity contribution is 5.78. The molecule has 0 radical (unpaired) electrons. The molecule has 2 aromatic carbocycles. The summed E-state index contributed by atoms with van der Waals surface area (Å²) in [4.78, 5) is 16.5. The van der Waals surface area contributed by atoms with Gasteiger partial charge in [0.15, 0.2) is 0 Å². The van der Waals surface area contributed by atoms with E-state index in [-0.39, 0.29) is 5.91 Å². The van der Waals surface area contributed by atoms with E-state index < -0.39 is 0 Å². The molecular formula is C21H29N3O. The predicted octanol–water partition coefficient (Wildman–Crippen LogP) is 2.46. The molecule has 0 fully saturated rings. The monoisotopic (exact) mass is 339 g/mol. The molecule has 0 aromatic heterocycles. The third kappa shape index (κ3) is 6.33. The van der Waals surface area contributed by atoms with Crippen molar-refractivity contribution in [3.8, 4) is 0 Å². The smallest absolute Gasteiger partial charge is 0.236 e. The number of nitrogens with zero attached hydrogens (tertiary/aromatic N) is 2. The van der Waals surface area contributed by atoms with E-state index in [1.165, 1.54) is 16.7 Å². The lowest BCUT2D eigenvalue weighted by Crippen LogP contribution is -2.41. The normalized spacial score (nSPS) is 10.9. The number of nitrogens with two attached hydrogens (primary N) is 1. The van der Waals surface area contributed by atoms with Gasteiger partial charge < -0.3 is 10.6 Å². The van der Waals surface area contributed by atoms with Gasteiger partial charge in [0.2, 0.25) is 5.91 Å². The lowest BCUT2D eigenvalue weighted by molar-refractivity contribution is -0.131. The van der Waals surface area contributed by atoms with E-state index in [9.17, 15) is 4.79 Å². The molecule has 134 valence electrons. The maximum atomic E-state index is 12.6. The van der Waals surface area contributed by atoms with Gasteiger partial charge in [0, 0.05) is 33.2 Å². The third-order valence-electron chi connectivity index (χ3n) is 4.46. The number of rotatable bonds is 9. The second kappa shape index (κ2) is 9.97. The molecule has 2 rings (SSSR count). The molecule has 0 aliphatic heterocycles. The standard InChI is InChI=1S/C21H29N3O/c1-18-8-6-7-11-20(18)16-23(2)21(25)17-24(15-13-22)14-12-19-9-4-3-5-10-19/h3-11H,12-17,22H2,1-2H3. The first kappa shape index (κ1) is 19.2. The molecule has 1 amide bonds. The van der Waals surface area contributed by atoms with Crippen LogP contribution in [0.5, 0.6) is 0 Å². The van der Waals surface area contributed by atoms with Crippen LogP contribution in [0.4, 0.5) is 0 Å². The van der Waals surface area contributed by atoms with Gasteiger partial charge in [0.05, 0.1) is 6.54 Å². The summed E-state index contributed by atoms with van der Waals surface area (Å²) in [6.07, 6.45) is 0.926. The molecule has 2 N–H and O–H groups in total. The molecule has 4 heteroatoms. The van der Waals surface area contributed by atoms with Crippen LogP contribution in [-0.4, -0.2) is 48.9 Å². The molecule has 4 nitrogen and oxygen atoms in total. The number of carbonyl (C=O) groups excluding carboxylic acids is 1. The van der Waals surface area contributed by atoms with E-state index in [2.05, 4.69) is 36.1 Å². The van der Waals surface area contributed by atoms with Crippen LogP contribution in [0.3, 0.4) is 0 Å². The van der Waals surface area contributed by atoms with Crippen molar-refractivity contribution in [2.45, 2.75) is 19.9 Å². The van der Waals surface area contributed by atoms with Crippen LogP contribution < -0.4 is 5.73 Å². The molecule has 0 aliphatic rings. The van der Waals surface area contributed by atoms with E-state index in [4.69, 9.17) is 5.73 Å². The van der Waals surface area contributed by atoms with E-state index in [1.807, 2.05) is 37.4 Å². The van der Waals surface area contributed by atoms with E-state index in [1.54, 1.807) is 4.90 Å². The molecular weight excluding hydrogens is 310 g/mol. The molecule has 0 atom stereocenters. The van der Waals surface area contributed by atoms with Crippen molar-refractivity contribution in [1.82, 2.24) is 9.80 Å². The average molecular weight is 339 g/mol. The van der Waals surface area contributed by atoms with Crippen LogP contribution >= 0.6 is 0 Å². The minimum Gasteiger partial charge on any atom is -0.340 e. The number of carbonyl (C=O) groups is 1. The summed E-state index contributed by atoms with van der Waals surface area (Å²) < 4.78 is 0. The summed E-state index contributed by atoms with van der Waals surface area (Å²) in [5.74, 6) is 0.129. The summed E-state index contributed by atoms with van der Waals surface area (Å²) in [5, 5.41) is 0. The van der Waals surface area contributed by atoms with Crippen molar-refractivity contribution in [3.63, 3.8) is 0 Å². The van der Waals surface area contributed by atoms with Gasteiger partial charge in [-0.3, -0.25) is 9.69 Å². The SMILES string of the molecule is Cc1ccccc1CN(C)C(=O)CN(CCN)CCc1ccccc1. The molecule has 0 saturated carbocycles. The molecule has 2 aromatic rings. The Balaban J connectivity index is 1.89. The van der Waals surface area contributed by atoms with Gasteiger partial charge in [-0.2, -0.15) is 0 Å². The lowest BCUT2D eigenvalue weighted by atomic mass is 10.1. The molecule has 0 heterocycles. The molecule has 0 unspecified atom stereocenters. The van der Waals surface area contributed by atoms with Crippen LogP contribution in [0, 0.1) is 6.92 Å². The number of benzene rings is 2. The Hall–Kier alpha value is -2.17. The van der Waals surface area contributed by atoms with Gasteiger partial charge in [0.25, 0.3) is 0 Å². The Morgan fingerprint density at radius 3 is 2.36 bits per heavy atom. The average Bonchev–Trinajstić information content (AvgIpc) is 2.62. The Kier molecular flexibility index (Phi) is 7.64. The van der Waals surface area contributed by atoms with Gasteiger partial charge in [-0.25, -0.2) is 0 Å². The van der Waals surface area contributed by atoms with Gasteiger partial charge in [0.1, 0.15) is 0 Å². The maximum absolute atomic E-state index is 12.6. The molecule has 0 spiro atoms. The summed E-state index contributed by atoms with van der Waals surface area (Å²) in [6, 6.07) is 18.5. The van der Waals surface area contributed by atoms with Crippen molar-refractivity contribution in [1.29, 1.82) is 0 Å². The van der Waals surface area contributed by atoms with Crippen molar-refractivity contribution >= 4 is 5.91 Å². The van der Waals surface area contributed by atoms with Gasteiger partial charge in [-0.05, 0) is 30.0 Å². The Morgan fingerprint density at radius 2 is 1.68 bits per heavy atom. The van der Waals surface area contributed by atoms with E-state index >= 15 is 0 Å². The number of hydrogen-bond donors (Lipinski definition) is 1. The van der Waals surface area contributed by atoms with Crippen LogP contribution in [0.2, 0.25) is 0 Å². The minimum absolute atomic E-state index is 0.129. The summed E-state index contributed by atoms with van der Waals surface area (Å²) in [7, 11) is 1.87. The maximum Gasteiger partial charge on any atom is 0.236 e. The molecule has 0 saturated heterocycles. The fourth-order valence-electron chi connectivity index (χ4n) is 2.83. The van der Waals surface area contributed by atoms with E-state index in [0.29, 0.717) is 19.6 Å². The zero-order chi connectivity index (χ0) is 18.1. The second-order valence-electron chi connectivity index (χ2n) is 6.48. The minimum atomic E-state index is 0.129. The second-order valence-corrected chi connectivity index (χ2v) is 6.48. The Morgan fingerprint density at radius 1 is 1.00 bits per heavy atom. The van der Waals surface area contributed by atoms with Gasteiger partial charge >= 0.3 is 0 Å². The topological polar surface area (TPSA) is 49.6 Å². The van der Waals surface area contributed by atoms with Gasteiger partial charge in [-0.1, -0.05) is 54.6 Å². The van der Waals surface area contributed by atoms with Crippen LogP contribution in [0.15, 0.2) is 54.6 Å². The summed E-state index contributed by atoms with van der Waals surface area (Å²) in [6.45, 7) is 5.26. The van der Waals surface area contributed by atoms with Crippen molar-refractivity contribution in [2.75, 3.05) is 33.2 Å². The zero-order valence-corrected chi connectivity index (χ0v) is 15.3. The zero-order valence-electron chi connectivity index (χ0n) is 15.3. The highest BCUT2D eigenvalue weighted by atomic mass is 16.2. The van der Waals surface area contributed by atoms with Crippen LogP contribution in [0.1, 0.15) is 16.7 Å². The van der Waals surface area contributed by atoms with Crippen molar-refractivity contribution in [3.05, 3.63) is 71.3 Å². The first-order valence-electron chi connectivity index (χ1n) is 8.85. The Labute approximate surface area is 151 Å². The van der Waals surface area contributed by atoms with E-state index in [0.717, 1.165) is 19.5 Å². The predicted molar refractivity (Wildman–Crippen MR) is 103 cm³/mol. The van der Waals surface area contributed by atoms with Crippen LogP contribution in [-0.2, 0) is 17.8 Å². The largest absolute Gasteiger partial charge is 0.340 e. The lowest BCUT2D eigenvalue weighted by Gasteiger charge is -2.25. The summed E-state index contributed by atoms with van der Waals surface area (Å²) in [5.41, 5.74) is 9.41. The van der Waals surface area contributed by atoms with Gasteiger partial charge in [-0.15, -0.1) is 0 Å².